The Morgan fingerprint density at radius 3 is 2.84 bits per heavy atom. The Hall–Kier alpha value is -0.640. The molecular weight excluding hydrogens is 263 g/mol. The molecule has 106 valence electrons. The lowest BCUT2D eigenvalue weighted by Crippen LogP contribution is -2.47. The summed E-state index contributed by atoms with van der Waals surface area (Å²) in [6.45, 7) is 6.21. The largest absolute Gasteiger partial charge is 0.326 e. The Labute approximate surface area is 119 Å². The van der Waals surface area contributed by atoms with Crippen molar-refractivity contribution in [1.82, 2.24) is 4.90 Å². The highest BCUT2D eigenvalue weighted by Crippen LogP contribution is 2.36. The molecule has 0 saturated carbocycles. The van der Waals surface area contributed by atoms with Crippen LogP contribution in [0.2, 0.25) is 5.02 Å². The van der Waals surface area contributed by atoms with Gasteiger partial charge in [0, 0.05) is 23.2 Å². The minimum absolute atomic E-state index is 0.0538. The standard InChI is InChI=1S/C15H22ClFN2/c1-10(2)9-19-8-4-7-13(18)15(19)14-11(16)5-3-6-12(14)17/h3,5-6,10,13,15H,4,7-9,18H2,1-2H3. The van der Waals surface area contributed by atoms with Crippen LogP contribution >= 0.6 is 11.6 Å². The summed E-state index contributed by atoms with van der Waals surface area (Å²) < 4.78 is 14.2. The zero-order chi connectivity index (χ0) is 14.0. The monoisotopic (exact) mass is 284 g/mol. The van der Waals surface area contributed by atoms with Gasteiger partial charge < -0.3 is 5.73 Å². The average molecular weight is 285 g/mol. The number of halogens is 2. The van der Waals surface area contributed by atoms with Gasteiger partial charge >= 0.3 is 0 Å². The summed E-state index contributed by atoms with van der Waals surface area (Å²) in [4.78, 5) is 2.28. The number of hydrogen-bond acceptors (Lipinski definition) is 2. The number of hydrogen-bond donors (Lipinski definition) is 1. The molecule has 2 atom stereocenters. The van der Waals surface area contributed by atoms with Crippen molar-refractivity contribution >= 4 is 11.6 Å². The second kappa shape index (κ2) is 6.21. The number of piperidine rings is 1. The van der Waals surface area contributed by atoms with E-state index in [0.29, 0.717) is 16.5 Å². The fourth-order valence-corrected chi connectivity index (χ4v) is 3.24. The number of benzene rings is 1. The highest BCUT2D eigenvalue weighted by Gasteiger charge is 2.33. The highest BCUT2D eigenvalue weighted by molar-refractivity contribution is 6.31. The summed E-state index contributed by atoms with van der Waals surface area (Å²) in [5, 5.41) is 0.483. The maximum Gasteiger partial charge on any atom is 0.129 e. The molecule has 0 aromatic heterocycles. The van der Waals surface area contributed by atoms with Crippen molar-refractivity contribution < 1.29 is 4.39 Å². The van der Waals surface area contributed by atoms with Crippen LogP contribution in [0.3, 0.4) is 0 Å². The summed E-state index contributed by atoms with van der Waals surface area (Å²) in [5.74, 6) is 0.280. The van der Waals surface area contributed by atoms with Gasteiger partial charge in [-0.15, -0.1) is 0 Å². The van der Waals surface area contributed by atoms with Crippen molar-refractivity contribution in [2.45, 2.75) is 38.8 Å². The van der Waals surface area contributed by atoms with Crippen molar-refractivity contribution in [3.05, 3.63) is 34.6 Å². The van der Waals surface area contributed by atoms with Crippen molar-refractivity contribution in [3.63, 3.8) is 0 Å². The average Bonchev–Trinajstić information content (AvgIpc) is 2.31. The molecule has 1 aliphatic rings. The molecule has 1 aliphatic heterocycles. The van der Waals surface area contributed by atoms with Crippen LogP contribution in [0.25, 0.3) is 0 Å². The molecule has 2 N–H and O–H groups in total. The molecule has 0 aliphatic carbocycles. The molecule has 0 radical (unpaired) electrons. The molecule has 1 fully saturated rings. The van der Waals surface area contributed by atoms with Crippen molar-refractivity contribution in [3.8, 4) is 0 Å². The Bertz CT molecular complexity index is 416. The summed E-state index contributed by atoms with van der Waals surface area (Å²) in [5.41, 5.74) is 6.81. The van der Waals surface area contributed by atoms with Crippen LogP contribution in [0, 0.1) is 11.7 Å². The van der Waals surface area contributed by atoms with Gasteiger partial charge in [0.1, 0.15) is 5.82 Å². The first-order valence-electron chi connectivity index (χ1n) is 6.94. The molecule has 4 heteroatoms. The zero-order valence-electron chi connectivity index (χ0n) is 11.6. The molecular formula is C15H22ClFN2. The lowest BCUT2D eigenvalue weighted by molar-refractivity contribution is 0.111. The van der Waals surface area contributed by atoms with Gasteiger partial charge in [-0.3, -0.25) is 4.90 Å². The number of rotatable bonds is 3. The van der Waals surface area contributed by atoms with Crippen molar-refractivity contribution in [2.24, 2.45) is 11.7 Å². The lowest BCUT2D eigenvalue weighted by atomic mass is 9.90. The van der Waals surface area contributed by atoms with Crippen LogP contribution in [0.15, 0.2) is 18.2 Å². The summed E-state index contributed by atoms with van der Waals surface area (Å²) in [6, 6.07) is 4.69. The highest BCUT2D eigenvalue weighted by atomic mass is 35.5. The van der Waals surface area contributed by atoms with Crippen LogP contribution in [0.5, 0.6) is 0 Å². The molecule has 19 heavy (non-hydrogen) atoms. The molecule has 1 aromatic rings. The SMILES string of the molecule is CC(C)CN1CCCC(N)C1c1c(F)cccc1Cl. The van der Waals surface area contributed by atoms with Crippen LogP contribution in [0.1, 0.15) is 38.3 Å². The minimum Gasteiger partial charge on any atom is -0.326 e. The first-order chi connectivity index (χ1) is 9.00. The van der Waals surface area contributed by atoms with E-state index >= 15 is 0 Å². The van der Waals surface area contributed by atoms with E-state index < -0.39 is 0 Å². The number of nitrogens with zero attached hydrogens (tertiary/aromatic N) is 1. The fraction of sp³-hybridized carbons (Fsp3) is 0.600. The third-order valence-corrected chi connectivity index (χ3v) is 4.01. The normalized spacial score (nSPS) is 24.9. The summed E-state index contributed by atoms with van der Waals surface area (Å²) >= 11 is 6.21. The number of nitrogens with two attached hydrogens (primary N) is 1. The Morgan fingerprint density at radius 2 is 2.21 bits per heavy atom. The Balaban J connectivity index is 2.36. The Kier molecular flexibility index (Phi) is 4.82. The molecule has 2 nitrogen and oxygen atoms in total. The third-order valence-electron chi connectivity index (χ3n) is 3.68. The third kappa shape index (κ3) is 3.28. The second-order valence-electron chi connectivity index (χ2n) is 5.78. The van der Waals surface area contributed by atoms with Gasteiger partial charge in [-0.05, 0) is 37.4 Å². The van der Waals surface area contributed by atoms with Gasteiger partial charge in [-0.25, -0.2) is 4.39 Å². The second-order valence-corrected chi connectivity index (χ2v) is 6.18. The first-order valence-corrected chi connectivity index (χ1v) is 7.32. The molecule has 1 heterocycles. The van der Waals surface area contributed by atoms with Gasteiger partial charge in [-0.1, -0.05) is 31.5 Å². The van der Waals surface area contributed by atoms with Gasteiger partial charge in [0.2, 0.25) is 0 Å². The first kappa shape index (κ1) is 14.8. The lowest BCUT2D eigenvalue weighted by Gasteiger charge is -2.41. The zero-order valence-corrected chi connectivity index (χ0v) is 12.3. The molecule has 1 aromatic carbocycles. The molecule has 0 bridgehead atoms. The minimum atomic E-state index is -0.247. The smallest absolute Gasteiger partial charge is 0.129 e. The van der Waals surface area contributed by atoms with E-state index in [4.69, 9.17) is 17.3 Å². The van der Waals surface area contributed by atoms with Gasteiger partial charge in [0.25, 0.3) is 0 Å². The maximum atomic E-state index is 14.2. The van der Waals surface area contributed by atoms with E-state index in [-0.39, 0.29) is 17.9 Å². The van der Waals surface area contributed by atoms with Crippen LogP contribution in [-0.4, -0.2) is 24.0 Å². The van der Waals surface area contributed by atoms with E-state index in [2.05, 4.69) is 18.7 Å². The predicted octanol–water partition coefficient (Wildman–Crippen LogP) is 3.60. The predicted molar refractivity (Wildman–Crippen MR) is 77.8 cm³/mol. The molecule has 2 unspecified atom stereocenters. The van der Waals surface area contributed by atoms with Gasteiger partial charge in [0.05, 0.1) is 6.04 Å². The van der Waals surface area contributed by atoms with Crippen LogP contribution in [-0.2, 0) is 0 Å². The molecule has 2 rings (SSSR count). The van der Waals surface area contributed by atoms with Gasteiger partial charge in [-0.2, -0.15) is 0 Å². The van der Waals surface area contributed by atoms with E-state index in [0.717, 1.165) is 25.9 Å². The van der Waals surface area contributed by atoms with E-state index in [1.807, 2.05) is 0 Å². The van der Waals surface area contributed by atoms with E-state index in [1.165, 1.54) is 6.07 Å². The topological polar surface area (TPSA) is 29.3 Å². The van der Waals surface area contributed by atoms with Crippen molar-refractivity contribution in [1.29, 1.82) is 0 Å². The van der Waals surface area contributed by atoms with Gasteiger partial charge in [0.15, 0.2) is 0 Å². The molecule has 1 saturated heterocycles. The Morgan fingerprint density at radius 1 is 1.47 bits per heavy atom. The summed E-state index contributed by atoms with van der Waals surface area (Å²) in [6.07, 6.45) is 1.99. The number of likely N-dealkylation sites (tertiary alicyclic amines) is 1. The van der Waals surface area contributed by atoms with Crippen molar-refractivity contribution in [2.75, 3.05) is 13.1 Å². The molecule has 0 amide bonds. The van der Waals surface area contributed by atoms with E-state index in [1.54, 1.807) is 12.1 Å². The quantitative estimate of drug-likeness (QED) is 0.919. The van der Waals surface area contributed by atoms with E-state index in [9.17, 15) is 4.39 Å². The fourth-order valence-electron chi connectivity index (χ4n) is 2.96. The maximum absolute atomic E-state index is 14.2. The molecule has 0 spiro atoms. The van der Waals surface area contributed by atoms with Crippen LogP contribution < -0.4 is 5.73 Å². The summed E-state index contributed by atoms with van der Waals surface area (Å²) in [7, 11) is 0. The van der Waals surface area contributed by atoms with Crippen LogP contribution in [0.4, 0.5) is 4.39 Å².